The normalized spacial score (nSPS) is 10.6. The van der Waals surface area contributed by atoms with E-state index in [1.54, 1.807) is 42.6 Å². The summed E-state index contributed by atoms with van der Waals surface area (Å²) in [6.45, 7) is 1.99. The smallest absolute Gasteiger partial charge is 0.258 e. The minimum Gasteiger partial charge on any atom is -0.493 e. The molecule has 4 aromatic rings. The van der Waals surface area contributed by atoms with Gasteiger partial charge in [-0.2, -0.15) is 0 Å². The summed E-state index contributed by atoms with van der Waals surface area (Å²) >= 11 is 0. The number of methoxy groups -OCH3 is 3. The predicted molar refractivity (Wildman–Crippen MR) is 131 cm³/mol. The molecule has 0 atom stereocenters. The molecule has 9 nitrogen and oxygen atoms in total. The van der Waals surface area contributed by atoms with Crippen molar-refractivity contribution in [2.45, 2.75) is 13.5 Å². The maximum Gasteiger partial charge on any atom is 0.258 e. The van der Waals surface area contributed by atoms with Crippen LogP contribution < -0.4 is 29.8 Å². The maximum absolute atomic E-state index is 12.9. The molecule has 2 heterocycles. The third-order valence-corrected chi connectivity index (χ3v) is 5.37. The average Bonchev–Trinajstić information content (AvgIpc) is 2.88. The number of benzene rings is 2. The van der Waals surface area contributed by atoms with Crippen LogP contribution >= 0.6 is 0 Å². The fraction of sp³-hybridized carbons (Fsp3) is 0.192. The summed E-state index contributed by atoms with van der Waals surface area (Å²) in [6.07, 6.45) is 1.67. The number of pyridine rings is 1. The highest BCUT2D eigenvalue weighted by Gasteiger charge is 2.17. The Morgan fingerprint density at radius 1 is 0.943 bits per heavy atom. The molecule has 0 aliphatic rings. The van der Waals surface area contributed by atoms with Crippen molar-refractivity contribution >= 4 is 17.2 Å². The molecule has 0 radical (unpaired) electrons. The quantitative estimate of drug-likeness (QED) is 0.413. The second kappa shape index (κ2) is 10.2. The van der Waals surface area contributed by atoms with Crippen molar-refractivity contribution in [1.82, 2.24) is 9.38 Å². The number of ether oxygens (including phenoxy) is 4. The molecule has 4 rings (SSSR count). The summed E-state index contributed by atoms with van der Waals surface area (Å²) in [5, 5.41) is 2.86. The first-order chi connectivity index (χ1) is 16.9. The molecular formula is C26H25N3O6. The molecule has 0 fully saturated rings. The van der Waals surface area contributed by atoms with E-state index in [4.69, 9.17) is 18.9 Å². The fourth-order valence-corrected chi connectivity index (χ4v) is 3.58. The monoisotopic (exact) mass is 475 g/mol. The summed E-state index contributed by atoms with van der Waals surface area (Å²) < 4.78 is 23.4. The Morgan fingerprint density at radius 2 is 1.69 bits per heavy atom. The molecule has 0 bridgehead atoms. The zero-order valence-electron chi connectivity index (χ0n) is 19.8. The average molecular weight is 476 g/mol. The van der Waals surface area contributed by atoms with E-state index in [1.807, 2.05) is 19.1 Å². The summed E-state index contributed by atoms with van der Waals surface area (Å²) in [7, 11) is 4.47. The van der Waals surface area contributed by atoms with Gasteiger partial charge in [-0.3, -0.25) is 14.0 Å². The standard InChI is InChI=1S/C26H25N3O6/c1-16-8-9-18(28-26(31)17-11-21(32-2)25(34-4)22(12-17)33-3)13-20(16)35-15-19-14-24(30)29-10-6-5-7-23(29)27-19/h5-14H,15H2,1-4H3,(H,28,31). The first-order valence-corrected chi connectivity index (χ1v) is 10.8. The number of anilines is 1. The van der Waals surface area contributed by atoms with Crippen LogP contribution in [0.4, 0.5) is 5.69 Å². The maximum atomic E-state index is 12.9. The van der Waals surface area contributed by atoms with E-state index in [-0.39, 0.29) is 18.1 Å². The predicted octanol–water partition coefficient (Wildman–Crippen LogP) is 3.86. The van der Waals surface area contributed by atoms with Crippen molar-refractivity contribution in [3.63, 3.8) is 0 Å². The van der Waals surface area contributed by atoms with Gasteiger partial charge in [-0.25, -0.2) is 4.98 Å². The summed E-state index contributed by atoms with van der Waals surface area (Å²) in [5.41, 5.74) is 2.61. The second-order valence-corrected chi connectivity index (χ2v) is 7.65. The molecule has 0 saturated heterocycles. The van der Waals surface area contributed by atoms with Crippen LogP contribution in [0.2, 0.25) is 0 Å². The topological polar surface area (TPSA) is 100 Å². The first kappa shape index (κ1) is 23.6. The van der Waals surface area contributed by atoms with Crippen LogP contribution in [0.15, 0.2) is 65.6 Å². The molecule has 0 unspecified atom stereocenters. The Labute approximate surface area is 201 Å². The summed E-state index contributed by atoms with van der Waals surface area (Å²) in [6, 6.07) is 15.3. The van der Waals surface area contributed by atoms with Gasteiger partial charge in [0.2, 0.25) is 5.75 Å². The van der Waals surface area contributed by atoms with Crippen LogP contribution in [0.25, 0.3) is 5.65 Å². The summed E-state index contributed by atoms with van der Waals surface area (Å²) in [4.78, 5) is 29.7. The van der Waals surface area contributed by atoms with Crippen molar-refractivity contribution in [3.05, 3.63) is 88.0 Å². The van der Waals surface area contributed by atoms with E-state index in [1.165, 1.54) is 31.8 Å². The molecule has 0 aliphatic heterocycles. The molecule has 1 amide bonds. The Kier molecular flexibility index (Phi) is 6.86. The zero-order valence-corrected chi connectivity index (χ0v) is 19.8. The van der Waals surface area contributed by atoms with E-state index in [9.17, 15) is 9.59 Å². The van der Waals surface area contributed by atoms with Crippen molar-refractivity contribution in [3.8, 4) is 23.0 Å². The van der Waals surface area contributed by atoms with Crippen LogP contribution in [0.1, 0.15) is 21.6 Å². The first-order valence-electron chi connectivity index (χ1n) is 10.8. The number of nitrogens with zero attached hydrogens (tertiary/aromatic N) is 2. The fourth-order valence-electron chi connectivity index (χ4n) is 3.58. The van der Waals surface area contributed by atoms with E-state index in [0.29, 0.717) is 45.6 Å². The molecular weight excluding hydrogens is 450 g/mol. The Morgan fingerprint density at radius 3 is 2.37 bits per heavy atom. The lowest BCUT2D eigenvalue weighted by molar-refractivity contribution is 0.102. The number of amides is 1. The molecule has 1 N–H and O–H groups in total. The van der Waals surface area contributed by atoms with Gasteiger partial charge in [0.1, 0.15) is 18.0 Å². The largest absolute Gasteiger partial charge is 0.493 e. The van der Waals surface area contributed by atoms with Gasteiger partial charge in [-0.05, 0) is 42.8 Å². The lowest BCUT2D eigenvalue weighted by atomic mass is 10.1. The van der Waals surface area contributed by atoms with Gasteiger partial charge in [0, 0.05) is 29.6 Å². The van der Waals surface area contributed by atoms with Gasteiger partial charge >= 0.3 is 0 Å². The van der Waals surface area contributed by atoms with Crippen LogP contribution in [-0.2, 0) is 6.61 Å². The molecule has 180 valence electrons. The van der Waals surface area contributed by atoms with Gasteiger partial charge in [0.05, 0.1) is 27.0 Å². The minimum atomic E-state index is -0.358. The number of fused-ring (bicyclic) bond motifs is 1. The molecule has 2 aromatic carbocycles. The Hall–Kier alpha value is -4.53. The summed E-state index contributed by atoms with van der Waals surface area (Å²) in [5.74, 6) is 1.36. The zero-order chi connectivity index (χ0) is 24.9. The van der Waals surface area contributed by atoms with Crippen LogP contribution in [-0.4, -0.2) is 36.6 Å². The molecule has 9 heteroatoms. The third kappa shape index (κ3) is 5.03. The lowest BCUT2D eigenvalue weighted by Gasteiger charge is -2.15. The van der Waals surface area contributed by atoms with Crippen LogP contribution in [0.3, 0.4) is 0 Å². The van der Waals surface area contributed by atoms with Crippen LogP contribution in [0.5, 0.6) is 23.0 Å². The number of hydrogen-bond acceptors (Lipinski definition) is 7. The molecule has 35 heavy (non-hydrogen) atoms. The SMILES string of the molecule is COc1cc(C(=O)Nc2ccc(C)c(OCc3cc(=O)n4ccccc4n3)c2)cc(OC)c1OC. The second-order valence-electron chi connectivity index (χ2n) is 7.65. The number of carbonyl (C=O) groups excluding carboxylic acids is 1. The minimum absolute atomic E-state index is 0.103. The molecule has 0 spiro atoms. The van der Waals surface area contributed by atoms with Crippen molar-refractivity contribution in [2.75, 3.05) is 26.6 Å². The number of nitrogens with one attached hydrogen (secondary N) is 1. The highest BCUT2D eigenvalue weighted by atomic mass is 16.5. The van der Waals surface area contributed by atoms with E-state index in [2.05, 4.69) is 10.3 Å². The van der Waals surface area contributed by atoms with Gasteiger partial charge in [0.15, 0.2) is 11.5 Å². The Bertz CT molecular complexity index is 1420. The lowest BCUT2D eigenvalue weighted by Crippen LogP contribution is -2.16. The van der Waals surface area contributed by atoms with Gasteiger partial charge in [-0.1, -0.05) is 12.1 Å². The molecule has 0 aliphatic carbocycles. The van der Waals surface area contributed by atoms with Crippen molar-refractivity contribution < 1.29 is 23.7 Å². The van der Waals surface area contributed by atoms with E-state index >= 15 is 0 Å². The Balaban J connectivity index is 1.53. The van der Waals surface area contributed by atoms with E-state index < -0.39 is 0 Å². The highest BCUT2D eigenvalue weighted by Crippen LogP contribution is 2.38. The van der Waals surface area contributed by atoms with E-state index in [0.717, 1.165) is 5.56 Å². The van der Waals surface area contributed by atoms with Crippen molar-refractivity contribution in [1.29, 1.82) is 0 Å². The van der Waals surface area contributed by atoms with Crippen molar-refractivity contribution in [2.24, 2.45) is 0 Å². The number of carbonyl (C=O) groups is 1. The van der Waals surface area contributed by atoms with Gasteiger partial charge < -0.3 is 24.3 Å². The molecule has 2 aromatic heterocycles. The third-order valence-electron chi connectivity index (χ3n) is 5.37. The van der Waals surface area contributed by atoms with Crippen LogP contribution in [0, 0.1) is 6.92 Å². The number of aryl methyl sites for hydroxylation is 1. The number of hydrogen-bond donors (Lipinski definition) is 1. The van der Waals surface area contributed by atoms with Gasteiger partial charge in [-0.15, -0.1) is 0 Å². The number of aromatic nitrogens is 2. The molecule has 0 saturated carbocycles. The highest BCUT2D eigenvalue weighted by molar-refractivity contribution is 6.05. The number of rotatable bonds is 8. The van der Waals surface area contributed by atoms with Gasteiger partial charge in [0.25, 0.3) is 11.5 Å².